The lowest BCUT2D eigenvalue weighted by Gasteiger charge is -2.32. The minimum Gasteiger partial charge on any atom is -0.462 e. The van der Waals surface area contributed by atoms with Gasteiger partial charge in [-0.25, -0.2) is 4.39 Å². The van der Waals surface area contributed by atoms with Crippen molar-refractivity contribution in [1.29, 1.82) is 0 Å². The lowest BCUT2D eigenvalue weighted by molar-refractivity contribution is -0.139. The third-order valence-electron chi connectivity index (χ3n) is 3.19. The number of hydrogen-bond donors (Lipinski definition) is 0. The first-order valence-corrected chi connectivity index (χ1v) is 4.68. The molecule has 2 nitrogen and oxygen atoms in total. The fourth-order valence-electron chi connectivity index (χ4n) is 2.37. The zero-order valence-corrected chi connectivity index (χ0v) is 7.50. The van der Waals surface area contributed by atoms with Crippen LogP contribution in [0.25, 0.3) is 0 Å². The SMILES string of the molecule is O=C1OC2CC1(c1cccc(F)c1)C2. The van der Waals surface area contributed by atoms with Crippen LogP contribution in [0.5, 0.6) is 0 Å². The van der Waals surface area contributed by atoms with Crippen molar-refractivity contribution >= 4 is 5.97 Å². The third kappa shape index (κ3) is 0.820. The van der Waals surface area contributed by atoms with Gasteiger partial charge in [0.15, 0.2) is 0 Å². The van der Waals surface area contributed by atoms with E-state index in [2.05, 4.69) is 0 Å². The molecule has 2 saturated heterocycles. The van der Waals surface area contributed by atoms with E-state index < -0.39 is 5.41 Å². The van der Waals surface area contributed by atoms with E-state index in [0.717, 1.165) is 18.4 Å². The number of rotatable bonds is 1. The maximum absolute atomic E-state index is 13.0. The molecule has 14 heavy (non-hydrogen) atoms. The molecule has 2 aliphatic heterocycles. The molecule has 1 aromatic rings. The molecule has 0 amide bonds. The second kappa shape index (κ2) is 2.35. The van der Waals surface area contributed by atoms with Crippen LogP contribution in [0.15, 0.2) is 24.3 Å². The summed E-state index contributed by atoms with van der Waals surface area (Å²) in [5.74, 6) is -0.479. The van der Waals surface area contributed by atoms with Crippen molar-refractivity contribution in [3.63, 3.8) is 0 Å². The van der Waals surface area contributed by atoms with Crippen molar-refractivity contribution in [3.8, 4) is 0 Å². The van der Waals surface area contributed by atoms with Crippen LogP contribution in [0.3, 0.4) is 0 Å². The highest BCUT2D eigenvalue weighted by atomic mass is 19.1. The Bertz CT molecular complexity index is 408. The highest BCUT2D eigenvalue weighted by molar-refractivity contribution is 5.88. The quantitative estimate of drug-likeness (QED) is 0.634. The van der Waals surface area contributed by atoms with Crippen molar-refractivity contribution in [1.82, 2.24) is 0 Å². The monoisotopic (exact) mass is 192 g/mol. The van der Waals surface area contributed by atoms with Gasteiger partial charge in [-0.2, -0.15) is 0 Å². The molecule has 0 aromatic heterocycles. The van der Waals surface area contributed by atoms with Gasteiger partial charge in [-0.05, 0) is 17.7 Å². The van der Waals surface area contributed by atoms with Gasteiger partial charge in [-0.15, -0.1) is 0 Å². The summed E-state index contributed by atoms with van der Waals surface area (Å²) in [7, 11) is 0. The van der Waals surface area contributed by atoms with Crippen LogP contribution >= 0.6 is 0 Å². The first kappa shape index (κ1) is 7.97. The highest BCUT2D eigenvalue weighted by Gasteiger charge is 2.61. The van der Waals surface area contributed by atoms with E-state index in [4.69, 9.17) is 4.74 Å². The van der Waals surface area contributed by atoms with Crippen molar-refractivity contribution in [2.24, 2.45) is 0 Å². The van der Waals surface area contributed by atoms with Crippen LogP contribution in [0.2, 0.25) is 0 Å². The van der Waals surface area contributed by atoms with Crippen LogP contribution in [0.4, 0.5) is 4.39 Å². The largest absolute Gasteiger partial charge is 0.462 e. The molecule has 4 rings (SSSR count). The molecule has 0 spiro atoms. The average Bonchev–Trinajstić information content (AvgIpc) is 2.56. The van der Waals surface area contributed by atoms with Crippen LogP contribution in [0.1, 0.15) is 18.4 Å². The highest BCUT2D eigenvalue weighted by Crippen LogP contribution is 2.52. The Hall–Kier alpha value is -1.38. The van der Waals surface area contributed by atoms with Crippen LogP contribution < -0.4 is 0 Å². The number of hydrogen-bond acceptors (Lipinski definition) is 2. The van der Waals surface area contributed by atoms with E-state index in [0.29, 0.717) is 0 Å². The zero-order valence-electron chi connectivity index (χ0n) is 7.50. The van der Waals surface area contributed by atoms with Crippen molar-refractivity contribution < 1.29 is 13.9 Å². The summed E-state index contributed by atoms with van der Waals surface area (Å²) in [4.78, 5) is 11.5. The Morgan fingerprint density at radius 1 is 1.43 bits per heavy atom. The van der Waals surface area contributed by atoms with Gasteiger partial charge in [-0.1, -0.05) is 12.1 Å². The van der Waals surface area contributed by atoms with Crippen molar-refractivity contribution in [3.05, 3.63) is 35.6 Å². The lowest BCUT2D eigenvalue weighted by Crippen LogP contribution is -2.39. The molecule has 2 heterocycles. The van der Waals surface area contributed by atoms with E-state index in [1.165, 1.54) is 12.1 Å². The summed E-state index contributed by atoms with van der Waals surface area (Å²) in [6, 6.07) is 6.25. The molecule has 3 heteroatoms. The molecule has 1 saturated carbocycles. The number of ether oxygens (including phenoxy) is 1. The molecule has 0 unspecified atom stereocenters. The fraction of sp³-hybridized carbons (Fsp3) is 0.364. The molecule has 0 N–H and O–H groups in total. The first-order valence-electron chi connectivity index (χ1n) is 4.68. The molecule has 2 bridgehead atoms. The summed E-state index contributed by atoms with van der Waals surface area (Å²) >= 11 is 0. The van der Waals surface area contributed by atoms with E-state index in [1.54, 1.807) is 12.1 Å². The Morgan fingerprint density at radius 2 is 2.21 bits per heavy atom. The number of fused-ring (bicyclic) bond motifs is 1. The summed E-state index contributed by atoms with van der Waals surface area (Å²) in [6.45, 7) is 0. The maximum atomic E-state index is 13.0. The molecule has 1 aromatic carbocycles. The average molecular weight is 192 g/mol. The summed E-state index contributed by atoms with van der Waals surface area (Å²) < 4.78 is 18.1. The molecule has 0 atom stereocenters. The third-order valence-corrected chi connectivity index (χ3v) is 3.19. The predicted molar refractivity (Wildman–Crippen MR) is 47.2 cm³/mol. The van der Waals surface area contributed by atoms with Crippen LogP contribution in [-0.4, -0.2) is 12.1 Å². The zero-order chi connectivity index (χ0) is 9.76. The first-order chi connectivity index (χ1) is 6.71. The second-order valence-electron chi connectivity index (χ2n) is 4.03. The van der Waals surface area contributed by atoms with Gasteiger partial charge in [0, 0.05) is 12.8 Å². The van der Waals surface area contributed by atoms with Gasteiger partial charge < -0.3 is 4.74 Å². The Kier molecular flexibility index (Phi) is 1.34. The number of esters is 1. The van der Waals surface area contributed by atoms with Gasteiger partial charge in [0.05, 0.1) is 5.41 Å². The minimum absolute atomic E-state index is 0.0748. The summed E-state index contributed by atoms with van der Waals surface area (Å²) in [5, 5.41) is 0. The lowest BCUT2D eigenvalue weighted by atomic mass is 9.65. The number of carbonyl (C=O) groups excluding carboxylic acids is 1. The van der Waals surface area contributed by atoms with Crippen LogP contribution in [0, 0.1) is 5.82 Å². The molecule has 72 valence electrons. The molecule has 3 fully saturated rings. The smallest absolute Gasteiger partial charge is 0.317 e. The van der Waals surface area contributed by atoms with Gasteiger partial charge >= 0.3 is 5.97 Å². The van der Waals surface area contributed by atoms with Crippen molar-refractivity contribution in [2.45, 2.75) is 24.4 Å². The van der Waals surface area contributed by atoms with Gasteiger partial charge in [0.2, 0.25) is 0 Å². The van der Waals surface area contributed by atoms with E-state index in [1.807, 2.05) is 0 Å². The Morgan fingerprint density at radius 3 is 2.79 bits per heavy atom. The Balaban J connectivity index is 2.07. The second-order valence-corrected chi connectivity index (χ2v) is 4.03. The number of benzene rings is 1. The minimum atomic E-state index is -0.521. The molecule has 0 radical (unpaired) electrons. The predicted octanol–water partition coefficient (Wildman–Crippen LogP) is 1.78. The van der Waals surface area contributed by atoms with E-state index >= 15 is 0 Å². The topological polar surface area (TPSA) is 26.3 Å². The standard InChI is InChI=1S/C11H9FO2/c12-8-3-1-2-7(4-8)11-5-9(6-11)14-10(11)13/h1-4,9H,5-6H2. The fourth-order valence-corrected chi connectivity index (χ4v) is 2.37. The van der Waals surface area contributed by atoms with Gasteiger partial charge in [0.25, 0.3) is 0 Å². The Labute approximate surface area is 80.7 Å². The number of carbonyl (C=O) groups is 1. The molecular formula is C11H9FO2. The molecule has 3 aliphatic rings. The normalized spacial score (nSPS) is 33.8. The van der Waals surface area contributed by atoms with Crippen molar-refractivity contribution in [2.75, 3.05) is 0 Å². The number of halogens is 1. The molecular weight excluding hydrogens is 183 g/mol. The van der Waals surface area contributed by atoms with Crippen LogP contribution in [-0.2, 0) is 14.9 Å². The van der Waals surface area contributed by atoms with E-state index in [-0.39, 0.29) is 17.9 Å². The van der Waals surface area contributed by atoms with Gasteiger partial charge in [0.1, 0.15) is 11.9 Å². The molecule has 1 aliphatic carbocycles. The maximum Gasteiger partial charge on any atom is 0.317 e. The van der Waals surface area contributed by atoms with E-state index in [9.17, 15) is 9.18 Å². The summed E-state index contributed by atoms with van der Waals surface area (Å²) in [5.41, 5.74) is 0.239. The summed E-state index contributed by atoms with van der Waals surface area (Å²) in [6.07, 6.45) is 1.51. The van der Waals surface area contributed by atoms with Gasteiger partial charge in [-0.3, -0.25) is 4.79 Å².